The number of amides is 1. The van der Waals surface area contributed by atoms with Gasteiger partial charge in [-0.1, -0.05) is 11.6 Å². The monoisotopic (exact) mass is 313 g/mol. The molecule has 1 amide bonds. The van der Waals surface area contributed by atoms with E-state index < -0.39 is 18.0 Å². The molecule has 0 heterocycles. The van der Waals surface area contributed by atoms with Crippen LogP contribution in [0.3, 0.4) is 0 Å². The summed E-state index contributed by atoms with van der Waals surface area (Å²) in [6.45, 7) is 1.39. The Morgan fingerprint density at radius 3 is 2.48 bits per heavy atom. The lowest BCUT2D eigenvalue weighted by Gasteiger charge is -2.10. The van der Waals surface area contributed by atoms with Crippen molar-refractivity contribution in [3.8, 4) is 11.5 Å². The summed E-state index contributed by atoms with van der Waals surface area (Å²) in [5.74, 6) is -0.567. The summed E-state index contributed by atoms with van der Waals surface area (Å²) in [6.07, 6.45) is 1.65. The van der Waals surface area contributed by atoms with Gasteiger partial charge in [0.15, 0.2) is 17.6 Å². The van der Waals surface area contributed by atoms with Crippen LogP contribution in [-0.2, 0) is 14.3 Å². The zero-order chi connectivity index (χ0) is 16.0. The minimum Gasteiger partial charge on any atom is -0.493 e. The highest BCUT2D eigenvalue weighted by atomic mass is 35.5. The third-order valence-electron chi connectivity index (χ3n) is 2.56. The maximum atomic E-state index is 11.5. The molecule has 0 fully saturated rings. The number of ether oxygens (including phenoxy) is 3. The minimum atomic E-state index is -0.990. The van der Waals surface area contributed by atoms with Crippen molar-refractivity contribution < 1.29 is 23.8 Å². The van der Waals surface area contributed by atoms with Crippen LogP contribution in [0.1, 0.15) is 12.5 Å². The second kappa shape index (κ2) is 7.54. The number of rotatable bonds is 6. The Labute approximate surface area is 127 Å². The standard InChI is InChI=1S/C14H16ClNO5/c1-8(14(16)18)21-12(17)5-4-9-6-10(15)13(20-3)11(7-9)19-2/h4-8H,1-3H3,(H2,16,18)/b5-4+/t8-/m0/s1. The van der Waals surface area contributed by atoms with E-state index in [1.807, 2.05) is 0 Å². The van der Waals surface area contributed by atoms with Crippen molar-refractivity contribution in [2.24, 2.45) is 5.73 Å². The lowest BCUT2D eigenvalue weighted by Crippen LogP contribution is -2.29. The van der Waals surface area contributed by atoms with Crippen molar-refractivity contribution in [2.75, 3.05) is 14.2 Å². The van der Waals surface area contributed by atoms with Gasteiger partial charge in [-0.25, -0.2) is 4.79 Å². The largest absolute Gasteiger partial charge is 0.493 e. The van der Waals surface area contributed by atoms with Gasteiger partial charge in [-0.15, -0.1) is 0 Å². The molecule has 0 aliphatic carbocycles. The molecule has 1 aromatic carbocycles. The first-order valence-electron chi connectivity index (χ1n) is 5.98. The van der Waals surface area contributed by atoms with Gasteiger partial charge in [0.1, 0.15) is 0 Å². The van der Waals surface area contributed by atoms with Gasteiger partial charge in [0, 0.05) is 6.08 Å². The van der Waals surface area contributed by atoms with E-state index in [1.54, 1.807) is 12.1 Å². The average Bonchev–Trinajstić information content (AvgIpc) is 2.44. The van der Waals surface area contributed by atoms with Crippen molar-refractivity contribution in [1.82, 2.24) is 0 Å². The minimum absolute atomic E-state index is 0.343. The van der Waals surface area contributed by atoms with Gasteiger partial charge in [0.05, 0.1) is 19.2 Å². The number of benzene rings is 1. The van der Waals surface area contributed by atoms with E-state index in [0.29, 0.717) is 22.1 Å². The van der Waals surface area contributed by atoms with Crippen LogP contribution in [0.5, 0.6) is 11.5 Å². The van der Waals surface area contributed by atoms with Crippen molar-refractivity contribution in [2.45, 2.75) is 13.0 Å². The van der Waals surface area contributed by atoms with E-state index in [-0.39, 0.29) is 0 Å². The summed E-state index contributed by atoms with van der Waals surface area (Å²) in [5.41, 5.74) is 5.61. The molecule has 0 bridgehead atoms. The lowest BCUT2D eigenvalue weighted by molar-refractivity contribution is -0.148. The second-order valence-corrected chi connectivity index (χ2v) is 4.46. The number of carbonyl (C=O) groups excluding carboxylic acids is 2. The van der Waals surface area contributed by atoms with Gasteiger partial charge in [0.2, 0.25) is 0 Å². The number of esters is 1. The van der Waals surface area contributed by atoms with E-state index >= 15 is 0 Å². The maximum Gasteiger partial charge on any atom is 0.331 e. The highest BCUT2D eigenvalue weighted by Gasteiger charge is 2.13. The molecule has 6 nitrogen and oxygen atoms in total. The van der Waals surface area contributed by atoms with Gasteiger partial charge in [-0.2, -0.15) is 0 Å². The Morgan fingerprint density at radius 1 is 1.29 bits per heavy atom. The van der Waals surface area contributed by atoms with Crippen LogP contribution >= 0.6 is 11.6 Å². The predicted molar refractivity (Wildman–Crippen MR) is 78.3 cm³/mol. The molecule has 1 aromatic rings. The first kappa shape index (κ1) is 16.8. The third-order valence-corrected chi connectivity index (χ3v) is 2.84. The molecule has 0 aliphatic heterocycles. The van der Waals surface area contributed by atoms with Gasteiger partial charge < -0.3 is 19.9 Å². The SMILES string of the molecule is COc1cc(/C=C/C(=O)O[C@@H](C)C(N)=O)cc(Cl)c1OC. The summed E-state index contributed by atoms with van der Waals surface area (Å²) in [5, 5.41) is 0.343. The Hall–Kier alpha value is -2.21. The summed E-state index contributed by atoms with van der Waals surface area (Å²) in [7, 11) is 2.95. The maximum absolute atomic E-state index is 11.5. The zero-order valence-electron chi connectivity index (χ0n) is 11.9. The fraction of sp³-hybridized carbons (Fsp3) is 0.286. The number of halogens is 1. The van der Waals surface area contributed by atoms with Crippen LogP contribution in [0.2, 0.25) is 5.02 Å². The van der Waals surface area contributed by atoms with E-state index in [1.165, 1.54) is 27.2 Å². The molecule has 2 N–H and O–H groups in total. The van der Waals surface area contributed by atoms with Crippen molar-refractivity contribution in [3.63, 3.8) is 0 Å². The fourth-order valence-corrected chi connectivity index (χ4v) is 1.77. The first-order chi connectivity index (χ1) is 9.88. The molecule has 114 valence electrons. The van der Waals surface area contributed by atoms with E-state index in [2.05, 4.69) is 0 Å². The van der Waals surface area contributed by atoms with E-state index in [4.69, 9.17) is 31.5 Å². The summed E-state index contributed by atoms with van der Waals surface area (Å²) >= 11 is 6.04. The van der Waals surface area contributed by atoms with Crippen LogP contribution in [0, 0.1) is 0 Å². The van der Waals surface area contributed by atoms with Crippen LogP contribution in [0.4, 0.5) is 0 Å². The molecular formula is C14H16ClNO5. The first-order valence-corrected chi connectivity index (χ1v) is 6.36. The highest BCUT2D eigenvalue weighted by Crippen LogP contribution is 2.36. The Morgan fingerprint density at radius 2 is 1.95 bits per heavy atom. The number of carbonyl (C=O) groups is 2. The van der Waals surface area contributed by atoms with Crippen molar-refractivity contribution >= 4 is 29.6 Å². The molecule has 0 radical (unpaired) electrons. The number of nitrogens with two attached hydrogens (primary N) is 1. The number of methoxy groups -OCH3 is 2. The molecule has 0 saturated carbocycles. The Balaban J connectivity index is 2.88. The summed E-state index contributed by atoms with van der Waals surface area (Å²) < 4.78 is 15.0. The number of primary amides is 1. The van der Waals surface area contributed by atoms with Crippen LogP contribution in [0.25, 0.3) is 6.08 Å². The quantitative estimate of drug-likeness (QED) is 0.639. The highest BCUT2D eigenvalue weighted by molar-refractivity contribution is 6.32. The van der Waals surface area contributed by atoms with Crippen LogP contribution < -0.4 is 15.2 Å². The lowest BCUT2D eigenvalue weighted by atomic mass is 10.2. The molecule has 0 aromatic heterocycles. The van der Waals surface area contributed by atoms with Crippen LogP contribution in [0.15, 0.2) is 18.2 Å². The molecular weight excluding hydrogens is 298 g/mol. The topological polar surface area (TPSA) is 87.9 Å². The van der Waals surface area contributed by atoms with Gasteiger partial charge in [0.25, 0.3) is 5.91 Å². The Kier molecular flexibility index (Phi) is 6.05. The number of hydrogen-bond donors (Lipinski definition) is 1. The normalized spacial score (nSPS) is 12.0. The molecule has 1 atom stereocenters. The smallest absolute Gasteiger partial charge is 0.331 e. The van der Waals surface area contributed by atoms with Crippen LogP contribution in [-0.4, -0.2) is 32.2 Å². The molecule has 0 saturated heterocycles. The van der Waals surface area contributed by atoms with Crippen molar-refractivity contribution in [1.29, 1.82) is 0 Å². The molecule has 21 heavy (non-hydrogen) atoms. The average molecular weight is 314 g/mol. The molecule has 7 heteroatoms. The molecule has 0 aliphatic rings. The third kappa shape index (κ3) is 4.68. The van der Waals surface area contributed by atoms with E-state index in [9.17, 15) is 9.59 Å². The summed E-state index contributed by atoms with van der Waals surface area (Å²) in [6, 6.07) is 3.25. The van der Waals surface area contributed by atoms with Crippen molar-refractivity contribution in [3.05, 3.63) is 28.8 Å². The van der Waals surface area contributed by atoms with Gasteiger partial charge in [-0.05, 0) is 30.7 Å². The summed E-state index contributed by atoms with van der Waals surface area (Å²) in [4.78, 5) is 22.3. The molecule has 1 rings (SSSR count). The van der Waals surface area contributed by atoms with E-state index in [0.717, 1.165) is 6.08 Å². The zero-order valence-corrected chi connectivity index (χ0v) is 12.6. The fourth-order valence-electron chi connectivity index (χ4n) is 1.47. The predicted octanol–water partition coefficient (Wildman–Crippen LogP) is 1.79. The molecule has 0 unspecified atom stereocenters. The second-order valence-electron chi connectivity index (χ2n) is 4.05. The van der Waals surface area contributed by atoms with Gasteiger partial charge >= 0.3 is 5.97 Å². The Bertz CT molecular complexity index is 571. The van der Waals surface area contributed by atoms with Gasteiger partial charge in [-0.3, -0.25) is 4.79 Å². The number of hydrogen-bond acceptors (Lipinski definition) is 5. The molecule has 0 spiro atoms.